The molecule has 1 aromatic carbocycles. The van der Waals surface area contributed by atoms with Crippen molar-refractivity contribution in [1.29, 1.82) is 0 Å². The number of carbonyl (C=O) groups excluding carboxylic acids is 5. The average Bonchev–Trinajstić information content (AvgIpc) is 3.63. The molecule has 0 radical (unpaired) electrons. The van der Waals surface area contributed by atoms with Gasteiger partial charge in [-0.2, -0.15) is 0 Å². The van der Waals surface area contributed by atoms with Crippen LogP contribution in [0.2, 0.25) is 0 Å². The van der Waals surface area contributed by atoms with Crippen molar-refractivity contribution in [2.75, 3.05) is 6.54 Å². The third-order valence-corrected chi connectivity index (χ3v) is 9.69. The van der Waals surface area contributed by atoms with Crippen molar-refractivity contribution in [3.05, 3.63) is 35.4 Å². The second-order valence-corrected chi connectivity index (χ2v) is 14.4. The minimum atomic E-state index is -1.20. The lowest BCUT2D eigenvalue weighted by Crippen LogP contribution is -2.61. The molecule has 222 valence electrons. The lowest BCUT2D eigenvalue weighted by Gasteiger charge is -2.35. The zero-order chi connectivity index (χ0) is 29.9. The van der Waals surface area contributed by atoms with E-state index in [0.717, 1.165) is 24.0 Å². The standard InChI is InChI=1S/C29H37Cl2N5O5/c1-28(2,3)35-27(41)34-21(17-11-15-6-4-5-7-16(15)12-17)26(40)36-13-18-20(29(18,30)31)22(36)25(39)33-19(10-14-8-9-14)23(37)24(32)38/h4-7,14,17-22H,8-13H2,1-3H3,(H2,32,38)(H,33,39)(H2,34,35,41)/t18?,19?,20?,21-,22?/m0/s1. The molecule has 5 amide bonds. The Kier molecular flexibility index (Phi) is 7.78. The van der Waals surface area contributed by atoms with Gasteiger partial charge in [0.15, 0.2) is 0 Å². The molecule has 5 rings (SSSR count). The first-order valence-electron chi connectivity index (χ1n) is 14.1. The predicted molar refractivity (Wildman–Crippen MR) is 153 cm³/mol. The molecule has 1 heterocycles. The number of carbonyl (C=O) groups is 5. The molecular weight excluding hydrogens is 569 g/mol. The maximum Gasteiger partial charge on any atom is 0.315 e. The molecule has 0 bridgehead atoms. The van der Waals surface area contributed by atoms with Gasteiger partial charge in [-0.3, -0.25) is 19.2 Å². The average molecular weight is 607 g/mol. The van der Waals surface area contributed by atoms with Crippen LogP contribution in [0.4, 0.5) is 4.79 Å². The van der Waals surface area contributed by atoms with Gasteiger partial charge in [0, 0.05) is 23.9 Å². The fourth-order valence-corrected chi connectivity index (χ4v) is 7.21. The molecule has 5 atom stereocenters. The molecule has 0 spiro atoms. The molecule has 3 fully saturated rings. The lowest BCUT2D eigenvalue weighted by molar-refractivity contribution is -0.143. The molecular formula is C29H37Cl2N5O5. The maximum absolute atomic E-state index is 14.3. The number of nitrogens with two attached hydrogens (primary N) is 1. The van der Waals surface area contributed by atoms with Crippen molar-refractivity contribution in [2.45, 2.75) is 80.9 Å². The van der Waals surface area contributed by atoms with E-state index in [-0.39, 0.29) is 24.3 Å². The number of nitrogens with one attached hydrogen (secondary N) is 3. The number of hydrogen-bond donors (Lipinski definition) is 4. The summed E-state index contributed by atoms with van der Waals surface area (Å²) >= 11 is 13.0. The first-order valence-corrected chi connectivity index (χ1v) is 14.9. The molecule has 12 heteroatoms. The summed E-state index contributed by atoms with van der Waals surface area (Å²) < 4.78 is -1.20. The molecule has 5 N–H and O–H groups in total. The highest BCUT2D eigenvalue weighted by Gasteiger charge is 2.74. The first kappa shape index (κ1) is 29.6. The van der Waals surface area contributed by atoms with E-state index in [2.05, 4.69) is 16.0 Å². The normalized spacial score (nSPS) is 25.9. The first-order chi connectivity index (χ1) is 19.2. The minimum Gasteiger partial charge on any atom is -0.363 e. The van der Waals surface area contributed by atoms with Gasteiger partial charge in [-0.1, -0.05) is 37.1 Å². The van der Waals surface area contributed by atoms with Gasteiger partial charge in [-0.05, 0) is 63.0 Å². The van der Waals surface area contributed by atoms with Gasteiger partial charge < -0.3 is 26.6 Å². The van der Waals surface area contributed by atoms with Crippen LogP contribution in [-0.2, 0) is 32.0 Å². The Balaban J connectivity index is 1.39. The van der Waals surface area contributed by atoms with Crippen LogP contribution in [0.1, 0.15) is 51.2 Å². The van der Waals surface area contributed by atoms with Gasteiger partial charge in [0.05, 0.1) is 6.04 Å². The smallest absolute Gasteiger partial charge is 0.315 e. The van der Waals surface area contributed by atoms with E-state index in [0.29, 0.717) is 19.3 Å². The maximum atomic E-state index is 14.3. The van der Waals surface area contributed by atoms with Gasteiger partial charge in [0.2, 0.25) is 17.6 Å². The Bertz CT molecular complexity index is 1250. The molecule has 41 heavy (non-hydrogen) atoms. The predicted octanol–water partition coefficient (Wildman–Crippen LogP) is 1.84. The van der Waals surface area contributed by atoms with Crippen LogP contribution < -0.4 is 21.7 Å². The number of urea groups is 1. The lowest BCUT2D eigenvalue weighted by atomic mass is 9.94. The highest BCUT2D eigenvalue weighted by Crippen LogP contribution is 2.65. The van der Waals surface area contributed by atoms with E-state index in [1.807, 2.05) is 45.0 Å². The summed E-state index contributed by atoms with van der Waals surface area (Å²) in [7, 11) is 0. The van der Waals surface area contributed by atoms with Crippen molar-refractivity contribution >= 4 is 52.7 Å². The summed E-state index contributed by atoms with van der Waals surface area (Å²) in [6.07, 6.45) is 3.28. The monoisotopic (exact) mass is 605 g/mol. The van der Waals surface area contributed by atoms with E-state index in [9.17, 15) is 24.0 Å². The summed E-state index contributed by atoms with van der Waals surface area (Å²) in [5.74, 6) is -3.93. The van der Waals surface area contributed by atoms with Gasteiger partial charge >= 0.3 is 6.03 Å². The molecule has 0 aromatic heterocycles. The van der Waals surface area contributed by atoms with Crippen molar-refractivity contribution < 1.29 is 24.0 Å². The zero-order valence-electron chi connectivity index (χ0n) is 23.4. The van der Waals surface area contributed by atoms with Crippen molar-refractivity contribution in [2.24, 2.45) is 29.4 Å². The zero-order valence-corrected chi connectivity index (χ0v) is 24.9. The molecule has 2 saturated carbocycles. The van der Waals surface area contributed by atoms with Crippen LogP contribution in [0.3, 0.4) is 0 Å². The number of benzene rings is 1. The van der Waals surface area contributed by atoms with Crippen molar-refractivity contribution in [1.82, 2.24) is 20.9 Å². The Morgan fingerprint density at radius 2 is 1.66 bits per heavy atom. The minimum absolute atomic E-state index is 0.129. The van der Waals surface area contributed by atoms with Gasteiger partial charge in [-0.25, -0.2) is 4.79 Å². The Morgan fingerprint density at radius 3 is 2.20 bits per heavy atom. The molecule has 1 aliphatic heterocycles. The summed E-state index contributed by atoms with van der Waals surface area (Å²) in [4.78, 5) is 66.7. The second-order valence-electron chi connectivity index (χ2n) is 13.0. The summed E-state index contributed by atoms with van der Waals surface area (Å²) in [5, 5.41) is 8.43. The molecule has 10 nitrogen and oxygen atoms in total. The van der Waals surface area contributed by atoms with Gasteiger partial charge in [-0.15, -0.1) is 23.2 Å². The number of piperidine rings is 1. The van der Waals surface area contributed by atoms with E-state index in [4.69, 9.17) is 28.9 Å². The van der Waals surface area contributed by atoms with Crippen LogP contribution in [0.25, 0.3) is 0 Å². The number of hydrogen-bond acceptors (Lipinski definition) is 5. The van der Waals surface area contributed by atoms with Crippen LogP contribution in [0, 0.1) is 23.7 Å². The fraction of sp³-hybridized carbons (Fsp3) is 0.621. The van der Waals surface area contributed by atoms with Crippen LogP contribution in [0.15, 0.2) is 24.3 Å². The number of halogens is 2. The number of Topliss-reactive ketones (excluding diaryl/α,β-unsaturated/α-hetero) is 1. The Labute approximate surface area is 249 Å². The summed E-state index contributed by atoms with van der Waals surface area (Å²) in [5.41, 5.74) is 6.95. The quantitative estimate of drug-likeness (QED) is 0.250. The number of amides is 5. The molecule has 1 aromatic rings. The van der Waals surface area contributed by atoms with Crippen LogP contribution >= 0.6 is 23.2 Å². The van der Waals surface area contributed by atoms with E-state index in [1.165, 1.54) is 4.90 Å². The third-order valence-electron chi connectivity index (χ3n) is 8.62. The molecule has 4 aliphatic rings. The van der Waals surface area contributed by atoms with E-state index >= 15 is 0 Å². The van der Waals surface area contributed by atoms with E-state index in [1.54, 1.807) is 0 Å². The summed E-state index contributed by atoms with van der Waals surface area (Å²) in [6, 6.07) is 4.35. The van der Waals surface area contributed by atoms with Gasteiger partial charge in [0.1, 0.15) is 16.4 Å². The van der Waals surface area contributed by atoms with E-state index < -0.39 is 63.5 Å². The second kappa shape index (κ2) is 10.8. The third kappa shape index (κ3) is 6.18. The van der Waals surface area contributed by atoms with Crippen molar-refractivity contribution in [3.8, 4) is 0 Å². The Morgan fingerprint density at radius 1 is 1.05 bits per heavy atom. The fourth-order valence-electron chi connectivity index (χ4n) is 6.39. The number of likely N-dealkylation sites (tertiary alicyclic amines) is 1. The molecule has 1 saturated heterocycles. The number of ketones is 1. The Hall–Kier alpha value is -2.85. The number of nitrogens with zero attached hydrogens (tertiary/aromatic N) is 1. The number of rotatable bonds is 9. The van der Waals surface area contributed by atoms with Crippen LogP contribution in [-0.4, -0.2) is 69.0 Å². The summed E-state index contributed by atoms with van der Waals surface area (Å²) in [6.45, 7) is 5.66. The number of primary amides is 1. The molecule has 3 aliphatic carbocycles. The SMILES string of the molecule is CC(C)(C)NC(=O)N[C@H](C(=O)N1CC2C(C1C(=O)NC(CC1CC1)C(=O)C(N)=O)C2(Cl)Cl)C1Cc2ccccc2C1. The molecule has 4 unspecified atom stereocenters. The topological polar surface area (TPSA) is 151 Å². The van der Waals surface area contributed by atoms with Crippen molar-refractivity contribution in [3.63, 3.8) is 0 Å². The number of alkyl halides is 2. The highest BCUT2D eigenvalue weighted by atomic mass is 35.5. The number of fused-ring (bicyclic) bond motifs is 2. The largest absolute Gasteiger partial charge is 0.363 e. The highest BCUT2D eigenvalue weighted by molar-refractivity contribution is 6.51. The van der Waals surface area contributed by atoms with Gasteiger partial charge in [0.25, 0.3) is 5.91 Å². The van der Waals surface area contributed by atoms with Crippen LogP contribution in [0.5, 0.6) is 0 Å².